The van der Waals surface area contributed by atoms with Crippen LogP contribution >= 0.6 is 0 Å². The van der Waals surface area contributed by atoms with E-state index in [9.17, 15) is 0 Å². The molecule has 0 saturated heterocycles. The first-order valence-electron chi connectivity index (χ1n) is 2.22. The largest absolute Gasteiger partial charge is 0.389 e. The molecule has 48 valence electrons. The van der Waals surface area contributed by atoms with Gasteiger partial charge in [-0.1, -0.05) is 7.43 Å². The Balaban J connectivity index is 0. The van der Waals surface area contributed by atoms with Crippen LogP contribution in [0.3, 0.4) is 0 Å². The zero-order chi connectivity index (χ0) is 5.91. The van der Waals surface area contributed by atoms with Crippen molar-refractivity contribution < 1.29 is 5.11 Å². The van der Waals surface area contributed by atoms with Crippen molar-refractivity contribution in [1.29, 1.82) is 0 Å². The molecule has 0 unspecified atom stereocenters. The van der Waals surface area contributed by atoms with E-state index in [1.54, 1.807) is 13.8 Å². The van der Waals surface area contributed by atoms with Gasteiger partial charge in [-0.3, -0.25) is 0 Å². The molecule has 8 heavy (non-hydrogen) atoms. The zero-order valence-corrected chi connectivity index (χ0v) is 4.73. The first-order chi connectivity index (χ1) is 3.06. The molecule has 1 nitrogen and oxygen atoms in total. The van der Waals surface area contributed by atoms with Crippen LogP contribution in [-0.4, -0.2) is 10.7 Å². The molecule has 0 aliphatic rings. The van der Waals surface area contributed by atoms with Crippen LogP contribution in [0.1, 0.15) is 27.7 Å². The van der Waals surface area contributed by atoms with Crippen LogP contribution in [0.25, 0.3) is 0 Å². The van der Waals surface area contributed by atoms with Crippen LogP contribution < -0.4 is 0 Å². The fourth-order valence-corrected chi connectivity index (χ4v) is 0.250. The van der Waals surface area contributed by atoms with Gasteiger partial charge in [-0.05, 0) is 13.8 Å². The highest BCUT2D eigenvalue weighted by Crippen LogP contribution is 2.03. The normalized spacial score (nSPS) is 9.25. The summed E-state index contributed by atoms with van der Waals surface area (Å²) in [5.41, 5.74) is -0.686. The van der Waals surface area contributed by atoms with E-state index < -0.39 is 5.60 Å². The van der Waals surface area contributed by atoms with E-state index in [4.69, 9.17) is 11.5 Å². The fraction of sp³-hybridized carbons (Fsp3) is 0.714. The van der Waals surface area contributed by atoms with Crippen molar-refractivity contribution >= 4 is 0 Å². The Hall–Kier alpha value is -0.480. The summed E-state index contributed by atoms with van der Waals surface area (Å²) in [6.07, 6.45) is 5.33. The van der Waals surface area contributed by atoms with E-state index in [0.29, 0.717) is 6.42 Å². The van der Waals surface area contributed by atoms with Gasteiger partial charge in [0.2, 0.25) is 0 Å². The molecule has 0 rings (SSSR count). The Morgan fingerprint density at radius 3 is 2.00 bits per heavy atom. The van der Waals surface area contributed by atoms with Gasteiger partial charge in [-0.25, -0.2) is 0 Å². The number of terminal acetylenes is 1. The molecule has 0 radical (unpaired) electrons. The minimum absolute atomic E-state index is 0. The third-order valence-electron chi connectivity index (χ3n) is 0.535. The molecular formula is C7H14O. The van der Waals surface area contributed by atoms with E-state index >= 15 is 0 Å². The van der Waals surface area contributed by atoms with Gasteiger partial charge in [0, 0.05) is 6.42 Å². The second-order valence-corrected chi connectivity index (χ2v) is 2.19. The fourth-order valence-electron chi connectivity index (χ4n) is 0.250. The van der Waals surface area contributed by atoms with Crippen LogP contribution in [-0.2, 0) is 0 Å². The quantitative estimate of drug-likeness (QED) is 0.511. The van der Waals surface area contributed by atoms with Crippen LogP contribution in [0.4, 0.5) is 0 Å². The van der Waals surface area contributed by atoms with Crippen molar-refractivity contribution in [2.45, 2.75) is 33.3 Å². The molecule has 0 saturated carbocycles. The standard InChI is InChI=1S/C6H10O.CH4/c1-4-5-6(2,3)7;/h1,7H,5H2,2-3H3;1H4. The molecule has 0 aliphatic carbocycles. The van der Waals surface area contributed by atoms with Gasteiger partial charge >= 0.3 is 0 Å². The van der Waals surface area contributed by atoms with Crippen molar-refractivity contribution in [2.75, 3.05) is 0 Å². The summed E-state index contributed by atoms with van der Waals surface area (Å²) >= 11 is 0. The van der Waals surface area contributed by atoms with Crippen molar-refractivity contribution in [3.05, 3.63) is 0 Å². The number of rotatable bonds is 1. The third kappa shape index (κ3) is 9.10. The highest BCUT2D eigenvalue weighted by atomic mass is 16.3. The second-order valence-electron chi connectivity index (χ2n) is 2.19. The molecule has 0 spiro atoms. The second kappa shape index (κ2) is 3.51. The molecule has 0 atom stereocenters. The summed E-state index contributed by atoms with van der Waals surface area (Å²) in [5.74, 6) is 2.36. The lowest BCUT2D eigenvalue weighted by atomic mass is 10.1. The molecule has 0 aliphatic heterocycles. The molecule has 1 N–H and O–H groups in total. The van der Waals surface area contributed by atoms with E-state index in [1.165, 1.54) is 0 Å². The lowest BCUT2D eigenvalue weighted by Crippen LogP contribution is -2.16. The number of hydrogen-bond acceptors (Lipinski definition) is 1. The number of aliphatic hydroxyl groups is 1. The molecule has 0 bridgehead atoms. The summed E-state index contributed by atoms with van der Waals surface area (Å²) < 4.78 is 0. The Kier molecular flexibility index (Phi) is 4.61. The summed E-state index contributed by atoms with van der Waals surface area (Å²) in [6.45, 7) is 3.37. The van der Waals surface area contributed by atoms with Crippen LogP contribution in [0.5, 0.6) is 0 Å². The number of hydrogen-bond donors (Lipinski definition) is 1. The monoisotopic (exact) mass is 114 g/mol. The maximum Gasteiger partial charge on any atom is 0.0700 e. The molecule has 0 heterocycles. The van der Waals surface area contributed by atoms with Crippen molar-refractivity contribution in [1.82, 2.24) is 0 Å². The topological polar surface area (TPSA) is 20.2 Å². The van der Waals surface area contributed by atoms with E-state index in [2.05, 4.69) is 5.92 Å². The Labute approximate surface area is 51.7 Å². The summed E-state index contributed by atoms with van der Waals surface area (Å²) in [7, 11) is 0. The first-order valence-corrected chi connectivity index (χ1v) is 2.22. The van der Waals surface area contributed by atoms with Gasteiger partial charge in [0.1, 0.15) is 0 Å². The molecule has 0 fully saturated rings. The summed E-state index contributed by atoms with van der Waals surface area (Å²) in [6, 6.07) is 0. The van der Waals surface area contributed by atoms with Gasteiger partial charge in [0.05, 0.1) is 5.60 Å². The maximum atomic E-state index is 8.88. The molecule has 0 aromatic heterocycles. The molecule has 0 aromatic carbocycles. The van der Waals surface area contributed by atoms with E-state index in [0.717, 1.165) is 0 Å². The summed E-state index contributed by atoms with van der Waals surface area (Å²) in [4.78, 5) is 0. The zero-order valence-electron chi connectivity index (χ0n) is 4.73. The highest BCUT2D eigenvalue weighted by molar-refractivity contribution is 4.90. The van der Waals surface area contributed by atoms with Gasteiger partial charge in [-0.2, -0.15) is 0 Å². The van der Waals surface area contributed by atoms with Crippen molar-refractivity contribution in [3.63, 3.8) is 0 Å². The van der Waals surface area contributed by atoms with Gasteiger partial charge < -0.3 is 5.11 Å². The Morgan fingerprint density at radius 1 is 1.62 bits per heavy atom. The van der Waals surface area contributed by atoms with E-state index in [-0.39, 0.29) is 7.43 Å². The van der Waals surface area contributed by atoms with Crippen molar-refractivity contribution in [2.24, 2.45) is 0 Å². The molecule has 0 aromatic rings. The van der Waals surface area contributed by atoms with E-state index in [1.807, 2.05) is 0 Å². The predicted molar refractivity (Wildman–Crippen MR) is 36.5 cm³/mol. The van der Waals surface area contributed by atoms with Crippen LogP contribution in [0.15, 0.2) is 0 Å². The van der Waals surface area contributed by atoms with Gasteiger partial charge in [0.25, 0.3) is 0 Å². The van der Waals surface area contributed by atoms with Crippen LogP contribution in [0, 0.1) is 12.3 Å². The van der Waals surface area contributed by atoms with Crippen LogP contribution in [0.2, 0.25) is 0 Å². The Bertz CT molecular complexity index is 81.5. The SMILES string of the molecule is C.C#CCC(C)(C)O. The molecular weight excluding hydrogens is 100 g/mol. The minimum atomic E-state index is -0.686. The van der Waals surface area contributed by atoms with Crippen molar-refractivity contribution in [3.8, 4) is 12.3 Å². The predicted octanol–water partition coefficient (Wildman–Crippen LogP) is 1.42. The average molecular weight is 114 g/mol. The average Bonchev–Trinajstić information content (AvgIpc) is 1.30. The molecule has 1 heteroatoms. The third-order valence-corrected chi connectivity index (χ3v) is 0.535. The lowest BCUT2D eigenvalue weighted by Gasteiger charge is -2.10. The minimum Gasteiger partial charge on any atom is -0.389 e. The first kappa shape index (κ1) is 10.5. The molecule has 0 amide bonds. The smallest absolute Gasteiger partial charge is 0.0700 e. The highest BCUT2D eigenvalue weighted by Gasteiger charge is 2.08. The summed E-state index contributed by atoms with van der Waals surface area (Å²) in [5, 5.41) is 8.88. The Morgan fingerprint density at radius 2 is 2.00 bits per heavy atom. The van der Waals surface area contributed by atoms with Gasteiger partial charge in [-0.15, -0.1) is 12.3 Å². The lowest BCUT2D eigenvalue weighted by molar-refractivity contribution is 0.0863. The maximum absolute atomic E-state index is 8.88. The van der Waals surface area contributed by atoms with Gasteiger partial charge in [0.15, 0.2) is 0 Å².